The maximum Gasteiger partial charge on any atom is 0.0622 e. The van der Waals surface area contributed by atoms with E-state index in [4.69, 9.17) is 10.5 Å². The Morgan fingerprint density at radius 1 is 1.64 bits per heavy atom. The fraction of sp³-hybridized carbons (Fsp3) is 1.00. The number of nitrogens with zero attached hydrogens (tertiary/aromatic N) is 1. The summed E-state index contributed by atoms with van der Waals surface area (Å²) in [5, 5.41) is 0. The van der Waals surface area contributed by atoms with Crippen LogP contribution in [0.25, 0.3) is 0 Å². The fourth-order valence-electron chi connectivity index (χ4n) is 1.56. The highest BCUT2D eigenvalue weighted by molar-refractivity contribution is 4.74. The van der Waals surface area contributed by atoms with Gasteiger partial charge in [-0.3, -0.25) is 4.90 Å². The van der Waals surface area contributed by atoms with Crippen molar-refractivity contribution in [2.45, 2.75) is 19.4 Å². The Hall–Kier alpha value is -0.120. The van der Waals surface area contributed by atoms with Gasteiger partial charge in [-0.15, -0.1) is 0 Å². The van der Waals surface area contributed by atoms with Gasteiger partial charge in [0.05, 0.1) is 13.2 Å². The van der Waals surface area contributed by atoms with E-state index >= 15 is 0 Å². The lowest BCUT2D eigenvalue weighted by atomic mass is 10.1. The van der Waals surface area contributed by atoms with Crippen molar-refractivity contribution in [1.82, 2.24) is 4.90 Å². The molecule has 1 fully saturated rings. The molecule has 0 radical (unpaired) electrons. The van der Waals surface area contributed by atoms with E-state index in [1.54, 1.807) is 0 Å². The van der Waals surface area contributed by atoms with Crippen LogP contribution in [-0.2, 0) is 4.74 Å². The molecule has 1 unspecified atom stereocenters. The molecule has 3 nitrogen and oxygen atoms in total. The first-order valence-electron chi connectivity index (χ1n) is 4.40. The molecule has 0 aromatic heterocycles. The molecule has 11 heavy (non-hydrogen) atoms. The van der Waals surface area contributed by atoms with Crippen molar-refractivity contribution in [3.05, 3.63) is 0 Å². The first-order valence-corrected chi connectivity index (χ1v) is 4.40. The van der Waals surface area contributed by atoms with E-state index in [1.165, 1.54) is 0 Å². The third-order valence-corrected chi connectivity index (χ3v) is 2.26. The minimum absolute atomic E-state index is 0.568. The number of rotatable bonds is 3. The molecule has 1 aliphatic heterocycles. The summed E-state index contributed by atoms with van der Waals surface area (Å²) in [5.41, 5.74) is 5.49. The molecule has 0 aliphatic carbocycles. The van der Waals surface area contributed by atoms with Crippen molar-refractivity contribution in [2.75, 3.05) is 32.8 Å². The number of hydrogen-bond acceptors (Lipinski definition) is 3. The van der Waals surface area contributed by atoms with Crippen LogP contribution in [0, 0.1) is 0 Å². The molecule has 0 aromatic carbocycles. The van der Waals surface area contributed by atoms with Crippen molar-refractivity contribution < 1.29 is 4.74 Å². The Bertz CT molecular complexity index is 106. The normalized spacial score (nSPS) is 27.3. The zero-order chi connectivity index (χ0) is 8.10. The van der Waals surface area contributed by atoms with Crippen molar-refractivity contribution in [2.24, 2.45) is 5.73 Å². The van der Waals surface area contributed by atoms with Crippen LogP contribution in [0.3, 0.4) is 0 Å². The van der Waals surface area contributed by atoms with E-state index in [1.807, 2.05) is 0 Å². The van der Waals surface area contributed by atoms with Gasteiger partial charge in [0.25, 0.3) is 0 Å². The molecule has 0 bridgehead atoms. The third kappa shape index (κ3) is 2.43. The SMILES string of the molecule is CCN1CCOCC1CCN. The minimum atomic E-state index is 0.568. The van der Waals surface area contributed by atoms with Crippen LogP contribution >= 0.6 is 0 Å². The summed E-state index contributed by atoms with van der Waals surface area (Å²) in [7, 11) is 0. The van der Waals surface area contributed by atoms with Crippen LogP contribution in [0.4, 0.5) is 0 Å². The second-order valence-corrected chi connectivity index (χ2v) is 2.93. The third-order valence-electron chi connectivity index (χ3n) is 2.26. The molecule has 1 aliphatic rings. The molecule has 1 heterocycles. The van der Waals surface area contributed by atoms with Crippen LogP contribution in [0.5, 0.6) is 0 Å². The molecule has 66 valence electrons. The largest absolute Gasteiger partial charge is 0.378 e. The van der Waals surface area contributed by atoms with Gasteiger partial charge < -0.3 is 10.5 Å². The van der Waals surface area contributed by atoms with Gasteiger partial charge in [0.2, 0.25) is 0 Å². The number of morpholine rings is 1. The molecular weight excluding hydrogens is 140 g/mol. The van der Waals surface area contributed by atoms with E-state index in [2.05, 4.69) is 11.8 Å². The predicted octanol–water partition coefficient (Wildman–Crippen LogP) is 0.0559. The van der Waals surface area contributed by atoms with Gasteiger partial charge in [-0.05, 0) is 19.5 Å². The molecule has 0 saturated carbocycles. The Balaban J connectivity index is 2.31. The van der Waals surface area contributed by atoms with E-state index < -0.39 is 0 Å². The highest BCUT2D eigenvalue weighted by Crippen LogP contribution is 2.08. The Kier molecular flexibility index (Phi) is 3.83. The Morgan fingerprint density at radius 3 is 3.09 bits per heavy atom. The van der Waals surface area contributed by atoms with Crippen molar-refractivity contribution in [1.29, 1.82) is 0 Å². The van der Waals surface area contributed by atoms with Crippen LogP contribution in [0.15, 0.2) is 0 Å². The summed E-state index contributed by atoms with van der Waals surface area (Å²) in [5.74, 6) is 0. The molecule has 0 amide bonds. The highest BCUT2D eigenvalue weighted by atomic mass is 16.5. The zero-order valence-corrected chi connectivity index (χ0v) is 7.25. The number of ether oxygens (including phenoxy) is 1. The minimum Gasteiger partial charge on any atom is -0.378 e. The van der Waals surface area contributed by atoms with Gasteiger partial charge in [0.15, 0.2) is 0 Å². The maximum absolute atomic E-state index is 5.49. The second kappa shape index (κ2) is 4.70. The number of nitrogens with two attached hydrogens (primary N) is 1. The van der Waals surface area contributed by atoms with Gasteiger partial charge in [0.1, 0.15) is 0 Å². The van der Waals surface area contributed by atoms with E-state index in [0.29, 0.717) is 6.04 Å². The summed E-state index contributed by atoms with van der Waals surface area (Å²) >= 11 is 0. The van der Waals surface area contributed by atoms with Gasteiger partial charge in [-0.25, -0.2) is 0 Å². The summed E-state index contributed by atoms with van der Waals surface area (Å²) < 4.78 is 5.37. The number of likely N-dealkylation sites (N-methyl/N-ethyl adjacent to an activating group) is 1. The van der Waals surface area contributed by atoms with Crippen molar-refractivity contribution in [3.63, 3.8) is 0 Å². The smallest absolute Gasteiger partial charge is 0.0622 e. The Labute approximate surface area is 68.5 Å². The lowest BCUT2D eigenvalue weighted by Crippen LogP contribution is -2.46. The summed E-state index contributed by atoms with van der Waals surface area (Å²) in [6.45, 7) is 6.90. The van der Waals surface area contributed by atoms with E-state index in [0.717, 1.165) is 39.3 Å². The van der Waals surface area contributed by atoms with Gasteiger partial charge in [0, 0.05) is 12.6 Å². The monoisotopic (exact) mass is 158 g/mol. The number of hydrogen-bond donors (Lipinski definition) is 1. The van der Waals surface area contributed by atoms with Crippen LogP contribution in [0.2, 0.25) is 0 Å². The van der Waals surface area contributed by atoms with Gasteiger partial charge >= 0.3 is 0 Å². The summed E-state index contributed by atoms with van der Waals surface area (Å²) in [6, 6.07) is 0.568. The molecule has 0 spiro atoms. The zero-order valence-electron chi connectivity index (χ0n) is 7.25. The maximum atomic E-state index is 5.49. The molecule has 3 heteroatoms. The average Bonchev–Trinajstić information content (AvgIpc) is 2.06. The quantitative estimate of drug-likeness (QED) is 0.631. The molecule has 1 atom stereocenters. The average molecular weight is 158 g/mol. The first kappa shape index (κ1) is 8.97. The lowest BCUT2D eigenvalue weighted by Gasteiger charge is -2.34. The summed E-state index contributed by atoms with van der Waals surface area (Å²) in [4.78, 5) is 2.44. The highest BCUT2D eigenvalue weighted by Gasteiger charge is 2.19. The topological polar surface area (TPSA) is 38.5 Å². The lowest BCUT2D eigenvalue weighted by molar-refractivity contribution is -0.00671. The molecule has 1 rings (SSSR count). The van der Waals surface area contributed by atoms with Gasteiger partial charge in [-0.2, -0.15) is 0 Å². The van der Waals surface area contributed by atoms with Crippen LogP contribution < -0.4 is 5.73 Å². The van der Waals surface area contributed by atoms with Crippen LogP contribution in [0.1, 0.15) is 13.3 Å². The Morgan fingerprint density at radius 2 is 2.45 bits per heavy atom. The molecular formula is C8H18N2O. The van der Waals surface area contributed by atoms with Crippen molar-refractivity contribution in [3.8, 4) is 0 Å². The van der Waals surface area contributed by atoms with E-state index in [9.17, 15) is 0 Å². The van der Waals surface area contributed by atoms with E-state index in [-0.39, 0.29) is 0 Å². The second-order valence-electron chi connectivity index (χ2n) is 2.93. The molecule has 2 N–H and O–H groups in total. The standard InChI is InChI=1S/C8H18N2O/c1-2-10-5-6-11-7-8(10)3-4-9/h8H,2-7,9H2,1H3. The van der Waals surface area contributed by atoms with Crippen LogP contribution in [-0.4, -0.2) is 43.8 Å². The van der Waals surface area contributed by atoms with Gasteiger partial charge in [-0.1, -0.05) is 6.92 Å². The summed E-state index contributed by atoms with van der Waals surface area (Å²) in [6.07, 6.45) is 1.06. The molecule has 1 saturated heterocycles. The predicted molar refractivity (Wildman–Crippen MR) is 45.5 cm³/mol. The first-order chi connectivity index (χ1) is 5.38. The molecule has 0 aromatic rings. The van der Waals surface area contributed by atoms with Crippen molar-refractivity contribution >= 4 is 0 Å². The fourth-order valence-corrected chi connectivity index (χ4v) is 1.56.